The van der Waals surface area contributed by atoms with Crippen LogP contribution in [-0.2, 0) is 0 Å². The Kier molecular flexibility index (Phi) is 3.79. The molecule has 0 aliphatic heterocycles. The van der Waals surface area contributed by atoms with Gasteiger partial charge in [-0.1, -0.05) is 0 Å². The molecule has 7 N–H and O–H groups in total. The zero-order valence-electron chi connectivity index (χ0n) is 7.83. The number of hydrogen-bond acceptors (Lipinski definition) is 3. The molecule has 0 radical (unpaired) electrons. The lowest BCUT2D eigenvalue weighted by atomic mass is 9.99. The number of quaternary nitrogens is 1. The summed E-state index contributed by atoms with van der Waals surface area (Å²) in [6.07, 6.45) is 3.01. The van der Waals surface area contributed by atoms with Crippen molar-refractivity contribution in [2.24, 2.45) is 11.5 Å². The Labute approximate surface area is 72.9 Å². The molecule has 0 aliphatic carbocycles. The van der Waals surface area contributed by atoms with Crippen molar-refractivity contribution in [1.29, 1.82) is 0 Å². The summed E-state index contributed by atoms with van der Waals surface area (Å²) >= 11 is 0. The van der Waals surface area contributed by atoms with E-state index in [2.05, 4.69) is 0 Å². The van der Waals surface area contributed by atoms with E-state index in [1.807, 2.05) is 7.05 Å². The molecule has 0 aliphatic rings. The van der Waals surface area contributed by atoms with Gasteiger partial charge in [0.05, 0.1) is 12.6 Å². The van der Waals surface area contributed by atoms with E-state index in [1.54, 1.807) is 25.2 Å². The fourth-order valence-electron chi connectivity index (χ4n) is 0.692. The molecule has 0 aromatic heterocycles. The number of nitrogens with two attached hydrogens (primary N) is 3. The molecule has 70 valence electrons. The highest BCUT2D eigenvalue weighted by Crippen LogP contribution is 2.15. The van der Waals surface area contributed by atoms with Crippen molar-refractivity contribution in [2.75, 3.05) is 7.05 Å². The third kappa shape index (κ3) is 3.41. The maximum absolute atomic E-state index is 9.56. The van der Waals surface area contributed by atoms with Gasteiger partial charge in [0.15, 0.2) is 5.82 Å². The first-order valence-electron chi connectivity index (χ1n) is 3.83. The SMILES string of the molecule is C[NH2+]C(N)=CC(=CN)C(C)(C)O. The molecule has 12 heavy (non-hydrogen) atoms. The van der Waals surface area contributed by atoms with E-state index in [-0.39, 0.29) is 0 Å². The molecule has 0 fully saturated rings. The van der Waals surface area contributed by atoms with Crippen LogP contribution < -0.4 is 16.8 Å². The van der Waals surface area contributed by atoms with Crippen molar-refractivity contribution in [3.8, 4) is 0 Å². The molecule has 0 unspecified atom stereocenters. The van der Waals surface area contributed by atoms with Crippen LogP contribution in [0.1, 0.15) is 13.8 Å². The monoisotopic (exact) mass is 172 g/mol. The van der Waals surface area contributed by atoms with Crippen LogP contribution >= 0.6 is 0 Å². The number of rotatable bonds is 3. The van der Waals surface area contributed by atoms with Crippen LogP contribution in [0.15, 0.2) is 23.7 Å². The Bertz CT molecular complexity index is 201. The molecule has 0 amide bonds. The van der Waals surface area contributed by atoms with Crippen molar-refractivity contribution in [3.05, 3.63) is 23.7 Å². The number of aliphatic hydroxyl groups is 1. The molecule has 4 nitrogen and oxygen atoms in total. The van der Waals surface area contributed by atoms with E-state index in [4.69, 9.17) is 11.5 Å². The first-order chi connectivity index (χ1) is 5.41. The van der Waals surface area contributed by atoms with Crippen LogP contribution in [0.4, 0.5) is 0 Å². The Morgan fingerprint density at radius 2 is 2.00 bits per heavy atom. The summed E-state index contributed by atoms with van der Waals surface area (Å²) in [6.45, 7) is 3.32. The minimum Gasteiger partial charge on any atom is -0.404 e. The van der Waals surface area contributed by atoms with E-state index in [0.717, 1.165) is 0 Å². The lowest BCUT2D eigenvalue weighted by Gasteiger charge is -2.17. The van der Waals surface area contributed by atoms with Gasteiger partial charge >= 0.3 is 0 Å². The topological polar surface area (TPSA) is 88.9 Å². The van der Waals surface area contributed by atoms with Crippen LogP contribution in [-0.4, -0.2) is 17.8 Å². The molecule has 4 heteroatoms. The molecule has 0 aromatic rings. The Morgan fingerprint density at radius 3 is 2.25 bits per heavy atom. The second-order valence-electron chi connectivity index (χ2n) is 3.11. The average Bonchev–Trinajstić information content (AvgIpc) is 1.97. The van der Waals surface area contributed by atoms with Gasteiger partial charge in [-0.3, -0.25) is 0 Å². The fraction of sp³-hybridized carbons (Fsp3) is 0.500. The minimum absolute atomic E-state index is 0.592. The summed E-state index contributed by atoms with van der Waals surface area (Å²) in [5.74, 6) is 0.592. The Balaban J connectivity index is 4.63. The van der Waals surface area contributed by atoms with Crippen LogP contribution in [0, 0.1) is 0 Å². The molecule has 0 bridgehead atoms. The van der Waals surface area contributed by atoms with Crippen LogP contribution in [0.3, 0.4) is 0 Å². The number of hydrogen-bond donors (Lipinski definition) is 4. The smallest absolute Gasteiger partial charge is 0.195 e. The van der Waals surface area contributed by atoms with Gasteiger partial charge in [0.1, 0.15) is 0 Å². The molecular weight excluding hydrogens is 154 g/mol. The predicted molar refractivity (Wildman–Crippen MR) is 48.7 cm³/mol. The highest BCUT2D eigenvalue weighted by atomic mass is 16.3. The zero-order chi connectivity index (χ0) is 9.78. The van der Waals surface area contributed by atoms with Gasteiger partial charge in [-0.15, -0.1) is 0 Å². The molecule has 0 saturated heterocycles. The third-order valence-electron chi connectivity index (χ3n) is 1.54. The Hall–Kier alpha value is -1.00. The normalized spacial score (nSPS) is 15.0. The highest BCUT2D eigenvalue weighted by Gasteiger charge is 2.17. The first kappa shape index (κ1) is 11.0. The third-order valence-corrected chi connectivity index (χ3v) is 1.54. The highest BCUT2D eigenvalue weighted by molar-refractivity contribution is 5.26. The van der Waals surface area contributed by atoms with Gasteiger partial charge in [0, 0.05) is 17.8 Å². The van der Waals surface area contributed by atoms with Gasteiger partial charge in [0.25, 0.3) is 0 Å². The van der Waals surface area contributed by atoms with E-state index in [9.17, 15) is 5.11 Å². The standard InChI is InChI=1S/C8H17N3O/c1-8(2,12)6(5-9)4-7(10)11-3/h4-5,11-12H,9-10H2,1-3H3/p+1. The van der Waals surface area contributed by atoms with Crippen molar-refractivity contribution < 1.29 is 10.4 Å². The van der Waals surface area contributed by atoms with E-state index >= 15 is 0 Å². The molecule has 0 atom stereocenters. The van der Waals surface area contributed by atoms with Crippen molar-refractivity contribution in [1.82, 2.24) is 0 Å². The summed E-state index contributed by atoms with van der Waals surface area (Å²) in [5, 5.41) is 11.3. The second kappa shape index (κ2) is 4.13. The van der Waals surface area contributed by atoms with Crippen LogP contribution in [0.2, 0.25) is 0 Å². The molecule has 0 rings (SSSR count). The van der Waals surface area contributed by atoms with Crippen molar-refractivity contribution >= 4 is 0 Å². The summed E-state index contributed by atoms with van der Waals surface area (Å²) in [7, 11) is 1.82. The lowest BCUT2D eigenvalue weighted by molar-refractivity contribution is -0.577. The van der Waals surface area contributed by atoms with E-state index in [1.165, 1.54) is 6.20 Å². The predicted octanol–water partition coefficient (Wildman–Crippen LogP) is -1.41. The van der Waals surface area contributed by atoms with Crippen molar-refractivity contribution in [3.63, 3.8) is 0 Å². The van der Waals surface area contributed by atoms with Crippen molar-refractivity contribution in [2.45, 2.75) is 19.4 Å². The second-order valence-corrected chi connectivity index (χ2v) is 3.11. The average molecular weight is 172 g/mol. The molecule has 0 aromatic carbocycles. The molecule has 0 saturated carbocycles. The first-order valence-corrected chi connectivity index (χ1v) is 3.83. The van der Waals surface area contributed by atoms with Gasteiger partial charge < -0.3 is 21.9 Å². The van der Waals surface area contributed by atoms with Crippen LogP contribution in [0.5, 0.6) is 0 Å². The van der Waals surface area contributed by atoms with E-state index in [0.29, 0.717) is 11.4 Å². The quantitative estimate of drug-likeness (QED) is 0.394. The summed E-state index contributed by atoms with van der Waals surface area (Å²) < 4.78 is 0. The van der Waals surface area contributed by atoms with Gasteiger partial charge in [-0.2, -0.15) is 0 Å². The molecule has 0 heterocycles. The fourth-order valence-corrected chi connectivity index (χ4v) is 0.692. The summed E-state index contributed by atoms with van der Waals surface area (Å²) in [5.41, 5.74) is 10.5. The summed E-state index contributed by atoms with van der Waals surface area (Å²) in [6, 6.07) is 0. The van der Waals surface area contributed by atoms with Gasteiger partial charge in [0.2, 0.25) is 0 Å². The Morgan fingerprint density at radius 1 is 1.50 bits per heavy atom. The maximum atomic E-state index is 9.56. The van der Waals surface area contributed by atoms with E-state index < -0.39 is 5.60 Å². The molecular formula is C8H18N3O+. The summed E-state index contributed by atoms with van der Waals surface area (Å²) in [4.78, 5) is 0. The largest absolute Gasteiger partial charge is 0.404 e. The zero-order valence-corrected chi connectivity index (χ0v) is 7.83. The maximum Gasteiger partial charge on any atom is 0.195 e. The van der Waals surface area contributed by atoms with Gasteiger partial charge in [-0.05, 0) is 13.8 Å². The van der Waals surface area contributed by atoms with Gasteiger partial charge in [-0.25, -0.2) is 0 Å². The molecule has 0 spiro atoms. The lowest BCUT2D eigenvalue weighted by Crippen LogP contribution is -2.79. The van der Waals surface area contributed by atoms with Crippen LogP contribution in [0.25, 0.3) is 0 Å². The minimum atomic E-state index is -0.942.